The highest BCUT2D eigenvalue weighted by atomic mass is 19.4. The first-order valence-electron chi connectivity index (χ1n) is 38.0. The number of halogens is 7. The van der Waals surface area contributed by atoms with Gasteiger partial charge in [-0.2, -0.15) is 38.7 Å². The summed E-state index contributed by atoms with van der Waals surface area (Å²) >= 11 is 0. The molecule has 0 radical (unpaired) electrons. The molecule has 120 heavy (non-hydrogen) atoms. The second kappa shape index (κ2) is 36.8. The van der Waals surface area contributed by atoms with Crippen LogP contribution in [0.25, 0.3) is 0 Å². The number of rotatable bonds is 19. The number of nitrogens with zero attached hydrogens (tertiary/aromatic N) is 14. The van der Waals surface area contributed by atoms with E-state index in [0.29, 0.717) is 136 Å². The number of carbonyl (C=O) groups excluding carboxylic acids is 5. The number of aromatic nitrogens is 10. The number of anilines is 5. The number of fused-ring (bicyclic) bond motifs is 5. The fraction of sp³-hybridized carbons (Fsp3) is 0.310. The summed E-state index contributed by atoms with van der Waals surface area (Å²) in [4.78, 5) is 91.7. The Kier molecular flexibility index (Phi) is 26.2. The number of carbonyl (C=O) groups is 7. The third-order valence-electron chi connectivity index (χ3n) is 20.4. The average Bonchev–Trinajstić information content (AvgIpc) is 1.63. The van der Waals surface area contributed by atoms with E-state index in [1.165, 1.54) is 74.9 Å². The maximum absolute atomic E-state index is 13.6. The fourth-order valence-corrected chi connectivity index (χ4v) is 14.9. The molecule has 5 aromatic heterocycles. The monoisotopic (exact) mass is 1660 g/mol. The van der Waals surface area contributed by atoms with Crippen molar-refractivity contribution in [1.82, 2.24) is 59.5 Å². The van der Waals surface area contributed by atoms with Crippen LogP contribution in [0, 0.1) is 51.0 Å². The SMILES string of the molecule is COC(=O)c1c(C(F)(F)F)nn2c1NCC2.COC(=O)c1c(C)nn2c1N(Cc1cccc(F)c1)CC2.COC(=O)c1ccc([C@H](C)NC(=O)c2c(C)nn3c2N(Cc2cccc(F)c2)CC3)cc1.Cc1nn2c(c1C(=O)N[C@@H](C)c1ccc(C(=O)O)cc1)N(Cc1cccc(F)c1)CC2.Cc1nn2c(c1C(=O)O)N(Cc1cccc(F)c1)CC2. The molecule has 2 atom stereocenters. The fourth-order valence-electron chi connectivity index (χ4n) is 14.9. The molecule has 11 aromatic rings. The summed E-state index contributed by atoms with van der Waals surface area (Å²) in [5.74, 6) is -2.48. The lowest BCUT2D eigenvalue weighted by atomic mass is 10.1. The van der Waals surface area contributed by atoms with Gasteiger partial charge in [0, 0.05) is 58.9 Å². The lowest BCUT2D eigenvalue weighted by molar-refractivity contribution is -0.142. The van der Waals surface area contributed by atoms with E-state index in [2.05, 4.69) is 51.1 Å². The summed E-state index contributed by atoms with van der Waals surface area (Å²) < 4.78 is 114. The molecule has 5 aliphatic rings. The third-order valence-corrected chi connectivity index (χ3v) is 20.4. The van der Waals surface area contributed by atoms with Crippen LogP contribution in [-0.2, 0) is 79.3 Å². The molecule has 0 unspecified atom stereocenters. The largest absolute Gasteiger partial charge is 0.478 e. The molecular weight excluding hydrogens is 1570 g/mol. The van der Waals surface area contributed by atoms with Gasteiger partial charge in [-0.15, -0.1) is 0 Å². The number of aryl methyl sites for hydroxylation is 4. The van der Waals surface area contributed by atoms with E-state index in [0.717, 1.165) is 69.2 Å². The van der Waals surface area contributed by atoms with Crippen LogP contribution >= 0.6 is 0 Å². The Hall–Kier alpha value is -13.8. The third kappa shape index (κ3) is 19.2. The lowest BCUT2D eigenvalue weighted by Gasteiger charge is -2.20. The van der Waals surface area contributed by atoms with E-state index < -0.39 is 41.3 Å². The highest BCUT2D eigenvalue weighted by molar-refractivity contribution is 6.02. The number of methoxy groups -OCH3 is 3. The van der Waals surface area contributed by atoms with E-state index in [1.54, 1.807) is 90.8 Å². The van der Waals surface area contributed by atoms with E-state index in [1.807, 2.05) is 69.1 Å². The topological polar surface area (TPSA) is 326 Å². The number of carboxylic acid groups (broad SMARTS) is 2. The smallest absolute Gasteiger partial charge is 0.436 e. The Morgan fingerprint density at radius 2 is 0.733 bits per heavy atom. The molecule has 0 aliphatic carbocycles. The minimum absolute atomic E-state index is 0.0687. The van der Waals surface area contributed by atoms with E-state index in [4.69, 9.17) is 14.6 Å². The molecule has 5 N–H and O–H groups in total. The van der Waals surface area contributed by atoms with Gasteiger partial charge in [-0.3, -0.25) is 9.59 Å². The number of ether oxygens (including phenoxy) is 3. The molecule has 29 nitrogen and oxygen atoms in total. The molecule has 0 bridgehead atoms. The maximum Gasteiger partial charge on any atom is 0.436 e. The molecule has 0 saturated heterocycles. The van der Waals surface area contributed by atoms with Gasteiger partial charge in [0.05, 0.1) is 100 Å². The number of nitrogens with one attached hydrogen (secondary N) is 3. The first-order valence-corrected chi connectivity index (χ1v) is 38.0. The van der Waals surface area contributed by atoms with Gasteiger partial charge in [-0.1, -0.05) is 72.8 Å². The van der Waals surface area contributed by atoms with Gasteiger partial charge in [0.1, 0.15) is 80.2 Å². The van der Waals surface area contributed by atoms with Crippen LogP contribution in [0.2, 0.25) is 0 Å². The Balaban J connectivity index is 0.000000141. The number of aromatic carboxylic acids is 2. The van der Waals surface area contributed by atoms with Crippen LogP contribution in [0.3, 0.4) is 0 Å². The second-order valence-electron chi connectivity index (χ2n) is 28.7. The van der Waals surface area contributed by atoms with Crippen molar-refractivity contribution in [3.63, 3.8) is 0 Å². The zero-order valence-corrected chi connectivity index (χ0v) is 66.8. The first-order chi connectivity index (χ1) is 57.3. The van der Waals surface area contributed by atoms with Gasteiger partial charge in [-0.05, 0) is 148 Å². The van der Waals surface area contributed by atoms with E-state index in [-0.39, 0.29) is 70.1 Å². The zero-order chi connectivity index (χ0) is 86.1. The molecule has 0 fully saturated rings. The molecule has 0 saturated carbocycles. The van der Waals surface area contributed by atoms with Crippen LogP contribution in [0.1, 0.15) is 160 Å². The van der Waals surface area contributed by atoms with Crippen molar-refractivity contribution in [2.24, 2.45) is 0 Å². The van der Waals surface area contributed by atoms with Crippen molar-refractivity contribution >= 4 is 70.8 Å². The van der Waals surface area contributed by atoms with Crippen molar-refractivity contribution < 1.29 is 88.7 Å². The normalized spacial score (nSPS) is 13.7. The lowest BCUT2D eigenvalue weighted by Crippen LogP contribution is -2.29. The molecule has 10 heterocycles. The highest BCUT2D eigenvalue weighted by Gasteiger charge is 2.43. The Morgan fingerprint density at radius 1 is 0.408 bits per heavy atom. The Labute approximate surface area is 683 Å². The highest BCUT2D eigenvalue weighted by Crippen LogP contribution is 2.38. The number of hydrogen-bond donors (Lipinski definition) is 5. The summed E-state index contributed by atoms with van der Waals surface area (Å²) in [5.41, 5.74) is 8.09. The molecule has 2 amide bonds. The van der Waals surface area contributed by atoms with Crippen molar-refractivity contribution in [3.8, 4) is 0 Å². The zero-order valence-electron chi connectivity index (χ0n) is 66.8. The number of hydrogen-bond acceptors (Lipinski definition) is 20. The van der Waals surface area contributed by atoms with Gasteiger partial charge in [0.25, 0.3) is 11.8 Å². The quantitative estimate of drug-likeness (QED) is 0.0285. The van der Waals surface area contributed by atoms with E-state index in [9.17, 15) is 69.4 Å². The number of carboxylic acids is 2. The van der Waals surface area contributed by atoms with Gasteiger partial charge in [0.15, 0.2) is 5.69 Å². The van der Waals surface area contributed by atoms with E-state index >= 15 is 0 Å². The molecular formula is C84H86F7N17O12. The summed E-state index contributed by atoms with van der Waals surface area (Å²) in [6, 6.07) is 38.5. The standard InChI is InChI=1S/C24H25FN4O3.C23H23FN4O3.C15H16FN3O2.C14H14FN3O2.C8H8F3N3O2/c1-15(18-7-9-19(10-8-18)24(31)32-3)26-22(30)21-16(2)27-29-12-11-28(23(21)29)14-17-5-4-6-20(25)13-17;1-14(17-6-8-18(9-7-17)23(30)31)25-21(29)20-15(2)26-28-11-10-27(22(20)28)13-16-4-3-5-19(24)12-16;1-10-13(15(20)21-2)14-18(6-7-19(14)17-10)9-11-4-3-5-12(16)8-11;1-9-12(14(19)20)13-17(5-6-18(13)16-9)8-10-3-2-4-11(15)7-10;1-16-7(15)4-5(8(9,10)11)13-14-3-2-12-6(4)14/h4-10,13,15H,11-12,14H2,1-3H3,(H,26,30);3-9,12,14H,10-11,13H2,1-2H3,(H,25,29)(H,30,31);3-5,8H,6-7,9H2,1-2H3;2-4,7H,5-6,8H2,1H3,(H,19,20);12H,2-3H2,1H3/t15-;14-;;;/m00.../s1. The molecule has 36 heteroatoms. The van der Waals surface area contributed by atoms with Crippen molar-refractivity contribution in [2.75, 3.05) is 79.0 Å². The minimum atomic E-state index is -4.66. The van der Waals surface area contributed by atoms with Crippen LogP contribution in [-0.4, -0.2) is 155 Å². The van der Waals surface area contributed by atoms with Crippen LogP contribution in [0.15, 0.2) is 146 Å². The number of amides is 2. The number of benzene rings is 6. The molecule has 628 valence electrons. The summed E-state index contributed by atoms with van der Waals surface area (Å²) in [6.45, 7) is 19.1. The number of esters is 3. The molecule has 16 rings (SSSR count). The van der Waals surface area contributed by atoms with Crippen LogP contribution in [0.5, 0.6) is 0 Å². The predicted octanol–water partition coefficient (Wildman–Crippen LogP) is 12.5. The van der Waals surface area contributed by atoms with Gasteiger partial charge in [0.2, 0.25) is 0 Å². The first kappa shape index (κ1) is 85.5. The van der Waals surface area contributed by atoms with Crippen LogP contribution in [0.4, 0.5) is 59.8 Å². The van der Waals surface area contributed by atoms with Gasteiger partial charge < -0.3 is 60.0 Å². The molecule has 0 spiro atoms. The predicted molar refractivity (Wildman–Crippen MR) is 426 cm³/mol. The van der Waals surface area contributed by atoms with Crippen molar-refractivity contribution in [1.29, 1.82) is 0 Å². The minimum Gasteiger partial charge on any atom is -0.478 e. The Bertz CT molecular complexity index is 5660. The number of alkyl halides is 3. The summed E-state index contributed by atoms with van der Waals surface area (Å²) in [7, 11) is 3.72. The van der Waals surface area contributed by atoms with Gasteiger partial charge >= 0.3 is 36.0 Å². The summed E-state index contributed by atoms with van der Waals surface area (Å²) in [5, 5.41) is 48.1. The Morgan fingerprint density at radius 3 is 1.07 bits per heavy atom. The summed E-state index contributed by atoms with van der Waals surface area (Å²) in [6.07, 6.45) is -4.66. The maximum atomic E-state index is 13.6. The van der Waals surface area contributed by atoms with Crippen molar-refractivity contribution in [2.45, 2.75) is 119 Å². The average molecular weight is 1660 g/mol. The molecule has 6 aromatic carbocycles. The second-order valence-corrected chi connectivity index (χ2v) is 28.7. The molecule has 5 aliphatic heterocycles. The van der Waals surface area contributed by atoms with Gasteiger partial charge in [-0.25, -0.2) is 64.9 Å². The van der Waals surface area contributed by atoms with Crippen molar-refractivity contribution in [3.05, 3.63) is 270 Å². The van der Waals surface area contributed by atoms with Crippen LogP contribution < -0.4 is 35.6 Å².